The fraction of sp³-hybridized carbons (Fsp3) is 0.444. The van der Waals surface area contributed by atoms with Crippen molar-refractivity contribution in [2.24, 2.45) is 0 Å². The zero-order valence-electron chi connectivity index (χ0n) is 7.60. The Bertz CT molecular complexity index is 269. The number of carbonyl (C=O) groups excluding carboxylic acids is 1. The zero-order valence-corrected chi connectivity index (χ0v) is 7.60. The third-order valence-corrected chi connectivity index (χ3v) is 1.72. The van der Waals surface area contributed by atoms with E-state index < -0.39 is 0 Å². The Morgan fingerprint density at radius 1 is 1.58 bits per heavy atom. The minimum Gasteiger partial charge on any atom is -0.469 e. The van der Waals surface area contributed by atoms with Crippen molar-refractivity contribution in [3.63, 3.8) is 0 Å². The van der Waals surface area contributed by atoms with Crippen LogP contribution in [0.15, 0.2) is 10.7 Å². The van der Waals surface area contributed by atoms with E-state index >= 15 is 0 Å². The first-order valence-electron chi connectivity index (χ1n) is 3.99. The van der Waals surface area contributed by atoms with E-state index in [0.29, 0.717) is 17.9 Å². The number of hydrogen-bond acceptors (Lipinski definition) is 2. The number of hydrogen-bond donors (Lipinski definition) is 1. The highest BCUT2D eigenvalue weighted by Gasteiger charge is 2.13. The monoisotopic (exact) mass is 167 g/mol. The molecule has 0 bridgehead atoms. The molecule has 1 rings (SSSR count). The second kappa shape index (κ2) is 3.43. The van der Waals surface area contributed by atoms with Crippen LogP contribution in [0.2, 0.25) is 0 Å². The Balaban J connectivity index is 2.93. The van der Waals surface area contributed by atoms with Gasteiger partial charge in [0.05, 0.1) is 11.8 Å². The van der Waals surface area contributed by atoms with E-state index in [2.05, 4.69) is 5.32 Å². The minimum atomic E-state index is -0.0544. The SMILES string of the molecule is CCNC(=O)c1c(C)coc1C. The average molecular weight is 167 g/mol. The number of amides is 1. The summed E-state index contributed by atoms with van der Waals surface area (Å²) in [6.07, 6.45) is 1.60. The number of aryl methyl sites for hydroxylation is 2. The van der Waals surface area contributed by atoms with Gasteiger partial charge in [-0.2, -0.15) is 0 Å². The van der Waals surface area contributed by atoms with E-state index in [9.17, 15) is 4.79 Å². The Kier molecular flexibility index (Phi) is 2.53. The third-order valence-electron chi connectivity index (χ3n) is 1.72. The van der Waals surface area contributed by atoms with E-state index in [-0.39, 0.29) is 5.91 Å². The van der Waals surface area contributed by atoms with Crippen molar-refractivity contribution in [1.29, 1.82) is 0 Å². The standard InChI is InChI=1S/C9H13NO2/c1-4-10-9(11)8-6(2)5-12-7(8)3/h5H,4H2,1-3H3,(H,10,11). The average Bonchev–Trinajstić information content (AvgIpc) is 2.32. The van der Waals surface area contributed by atoms with Gasteiger partial charge in [-0.15, -0.1) is 0 Å². The highest BCUT2D eigenvalue weighted by molar-refractivity contribution is 5.96. The predicted octanol–water partition coefficient (Wildman–Crippen LogP) is 1.65. The Morgan fingerprint density at radius 3 is 2.67 bits per heavy atom. The lowest BCUT2D eigenvalue weighted by atomic mass is 10.1. The van der Waals surface area contributed by atoms with Crippen LogP contribution in [-0.2, 0) is 0 Å². The molecule has 3 nitrogen and oxygen atoms in total. The van der Waals surface area contributed by atoms with E-state index in [4.69, 9.17) is 4.42 Å². The van der Waals surface area contributed by atoms with Gasteiger partial charge < -0.3 is 9.73 Å². The Morgan fingerprint density at radius 2 is 2.25 bits per heavy atom. The van der Waals surface area contributed by atoms with Gasteiger partial charge >= 0.3 is 0 Å². The van der Waals surface area contributed by atoms with E-state index in [1.807, 2.05) is 13.8 Å². The van der Waals surface area contributed by atoms with Gasteiger partial charge in [0.15, 0.2) is 0 Å². The molecule has 0 fully saturated rings. The summed E-state index contributed by atoms with van der Waals surface area (Å²) in [5, 5.41) is 2.73. The van der Waals surface area contributed by atoms with Crippen molar-refractivity contribution in [2.45, 2.75) is 20.8 Å². The second-order valence-corrected chi connectivity index (χ2v) is 2.71. The van der Waals surface area contributed by atoms with Crippen LogP contribution < -0.4 is 5.32 Å². The molecular weight excluding hydrogens is 154 g/mol. The molecule has 0 aliphatic carbocycles. The molecule has 3 heteroatoms. The fourth-order valence-electron chi connectivity index (χ4n) is 1.16. The molecule has 0 aromatic carbocycles. The van der Waals surface area contributed by atoms with Crippen LogP contribution in [0.5, 0.6) is 0 Å². The molecule has 0 atom stereocenters. The molecule has 0 radical (unpaired) electrons. The molecular formula is C9H13NO2. The van der Waals surface area contributed by atoms with Crippen LogP contribution in [0.3, 0.4) is 0 Å². The maximum Gasteiger partial charge on any atom is 0.255 e. The largest absolute Gasteiger partial charge is 0.469 e. The maximum atomic E-state index is 11.4. The predicted molar refractivity (Wildman–Crippen MR) is 46.2 cm³/mol. The Hall–Kier alpha value is -1.25. The summed E-state index contributed by atoms with van der Waals surface area (Å²) in [6, 6.07) is 0. The first-order chi connectivity index (χ1) is 5.66. The summed E-state index contributed by atoms with van der Waals surface area (Å²) in [5.74, 6) is 0.625. The van der Waals surface area contributed by atoms with Crippen LogP contribution in [0.25, 0.3) is 0 Å². The highest BCUT2D eigenvalue weighted by Crippen LogP contribution is 2.14. The van der Waals surface area contributed by atoms with Gasteiger partial charge in [0.2, 0.25) is 0 Å². The van der Waals surface area contributed by atoms with Gasteiger partial charge in [-0.05, 0) is 20.8 Å². The number of rotatable bonds is 2. The van der Waals surface area contributed by atoms with Gasteiger partial charge in [0, 0.05) is 12.1 Å². The molecule has 0 aliphatic heterocycles. The molecule has 0 unspecified atom stereocenters. The summed E-state index contributed by atoms with van der Waals surface area (Å²) in [6.45, 7) is 6.18. The van der Waals surface area contributed by atoms with E-state index in [1.165, 1.54) is 0 Å². The maximum absolute atomic E-state index is 11.4. The Labute approximate surface area is 71.8 Å². The summed E-state index contributed by atoms with van der Waals surface area (Å²) in [7, 11) is 0. The molecule has 1 N–H and O–H groups in total. The van der Waals surface area contributed by atoms with Crippen LogP contribution in [0, 0.1) is 13.8 Å². The molecule has 12 heavy (non-hydrogen) atoms. The lowest BCUT2D eigenvalue weighted by molar-refractivity contribution is 0.0954. The number of nitrogens with one attached hydrogen (secondary N) is 1. The minimum absolute atomic E-state index is 0.0544. The van der Waals surface area contributed by atoms with E-state index in [0.717, 1.165) is 5.56 Å². The summed E-state index contributed by atoms with van der Waals surface area (Å²) >= 11 is 0. The van der Waals surface area contributed by atoms with Crippen molar-refractivity contribution in [2.75, 3.05) is 6.54 Å². The van der Waals surface area contributed by atoms with Crippen LogP contribution in [0.4, 0.5) is 0 Å². The molecule has 0 aliphatic rings. The van der Waals surface area contributed by atoms with Gasteiger partial charge in [-0.25, -0.2) is 0 Å². The van der Waals surface area contributed by atoms with Gasteiger partial charge in [-0.3, -0.25) is 4.79 Å². The van der Waals surface area contributed by atoms with Crippen molar-refractivity contribution in [1.82, 2.24) is 5.32 Å². The highest BCUT2D eigenvalue weighted by atomic mass is 16.3. The molecule has 1 heterocycles. The molecule has 0 saturated heterocycles. The van der Waals surface area contributed by atoms with Crippen molar-refractivity contribution in [3.05, 3.63) is 23.2 Å². The molecule has 1 amide bonds. The number of furan rings is 1. The second-order valence-electron chi connectivity index (χ2n) is 2.71. The molecule has 0 saturated carbocycles. The number of carbonyl (C=O) groups is 1. The normalized spacial score (nSPS) is 9.92. The zero-order chi connectivity index (χ0) is 9.14. The lowest BCUT2D eigenvalue weighted by Crippen LogP contribution is -2.23. The van der Waals surface area contributed by atoms with Crippen LogP contribution in [-0.4, -0.2) is 12.5 Å². The van der Waals surface area contributed by atoms with Crippen molar-refractivity contribution < 1.29 is 9.21 Å². The molecule has 66 valence electrons. The first-order valence-corrected chi connectivity index (χ1v) is 3.99. The van der Waals surface area contributed by atoms with Crippen LogP contribution >= 0.6 is 0 Å². The van der Waals surface area contributed by atoms with Gasteiger partial charge in [0.25, 0.3) is 5.91 Å². The molecule has 0 spiro atoms. The summed E-state index contributed by atoms with van der Waals surface area (Å²) in [5.41, 5.74) is 1.55. The molecule has 1 aromatic rings. The topological polar surface area (TPSA) is 42.2 Å². The van der Waals surface area contributed by atoms with E-state index in [1.54, 1.807) is 13.2 Å². The van der Waals surface area contributed by atoms with Crippen molar-refractivity contribution >= 4 is 5.91 Å². The lowest BCUT2D eigenvalue weighted by Gasteiger charge is -2.00. The smallest absolute Gasteiger partial charge is 0.255 e. The summed E-state index contributed by atoms with van der Waals surface area (Å²) in [4.78, 5) is 11.4. The summed E-state index contributed by atoms with van der Waals surface area (Å²) < 4.78 is 5.10. The van der Waals surface area contributed by atoms with Gasteiger partial charge in [0.1, 0.15) is 5.76 Å². The van der Waals surface area contributed by atoms with Crippen molar-refractivity contribution in [3.8, 4) is 0 Å². The van der Waals surface area contributed by atoms with Crippen LogP contribution in [0.1, 0.15) is 28.6 Å². The third kappa shape index (κ3) is 1.49. The fourth-order valence-corrected chi connectivity index (χ4v) is 1.16. The molecule has 1 aromatic heterocycles. The van der Waals surface area contributed by atoms with Gasteiger partial charge in [-0.1, -0.05) is 0 Å². The quantitative estimate of drug-likeness (QED) is 0.727. The first kappa shape index (κ1) is 8.84.